The first-order valence-corrected chi connectivity index (χ1v) is 16.5. The molecule has 1 heterocycles. The number of benzene rings is 3. The highest BCUT2D eigenvalue weighted by Gasteiger charge is 2.20. The zero-order valence-corrected chi connectivity index (χ0v) is 26.5. The van der Waals surface area contributed by atoms with E-state index >= 15 is 0 Å². The van der Waals surface area contributed by atoms with Gasteiger partial charge in [-0.15, -0.1) is 0 Å². The molecule has 2 atom stereocenters. The number of aryl methyl sites for hydroxylation is 1. The van der Waals surface area contributed by atoms with Crippen LogP contribution in [0.15, 0.2) is 60.7 Å². The summed E-state index contributed by atoms with van der Waals surface area (Å²) >= 11 is 0. The fraction of sp³-hybridized carbons (Fsp3) is 0.514. The van der Waals surface area contributed by atoms with E-state index in [1.54, 1.807) is 18.2 Å². The molecule has 43 heavy (non-hydrogen) atoms. The molecule has 0 radical (unpaired) electrons. The summed E-state index contributed by atoms with van der Waals surface area (Å²) in [6.45, 7) is 9.61. The van der Waals surface area contributed by atoms with Gasteiger partial charge < -0.3 is 4.57 Å². The predicted molar refractivity (Wildman–Crippen MR) is 178 cm³/mol. The lowest BCUT2D eigenvalue weighted by molar-refractivity contribution is -0.384. The second-order valence-corrected chi connectivity index (χ2v) is 13.2. The number of nitro groups is 1. The molecule has 6 heteroatoms. The molecule has 230 valence electrons. The lowest BCUT2D eigenvalue weighted by atomic mass is 9.85. The highest BCUT2D eigenvalue weighted by atomic mass is 16.7. The predicted octanol–water partition coefficient (Wildman–Crippen LogP) is 10.0. The SMILES string of the molecule is CCCC(C)ONCC(CC(C)C)c1ccc2c(c1)c1cc(CCC3CCCCC3)ccc1n2-c1cccc([N+](=O)[O-])c1. The Balaban J connectivity index is 1.55. The second-order valence-electron chi connectivity index (χ2n) is 13.2. The minimum atomic E-state index is -0.314. The van der Waals surface area contributed by atoms with Gasteiger partial charge in [0.25, 0.3) is 5.69 Å². The maximum absolute atomic E-state index is 11.6. The van der Waals surface area contributed by atoms with Gasteiger partial charge in [-0.3, -0.25) is 15.0 Å². The van der Waals surface area contributed by atoms with Crippen LogP contribution in [0.25, 0.3) is 27.5 Å². The molecule has 4 aromatic rings. The number of hydroxylamine groups is 1. The van der Waals surface area contributed by atoms with Gasteiger partial charge in [-0.25, -0.2) is 5.48 Å². The quantitative estimate of drug-likeness (QED) is 0.118. The summed E-state index contributed by atoms with van der Waals surface area (Å²) in [7, 11) is 0. The average molecular weight is 584 g/mol. The normalized spacial score (nSPS) is 15.8. The molecule has 1 aliphatic rings. The van der Waals surface area contributed by atoms with Crippen molar-refractivity contribution in [3.8, 4) is 5.69 Å². The van der Waals surface area contributed by atoms with Crippen LogP contribution < -0.4 is 5.48 Å². The molecule has 1 saturated carbocycles. The Labute approximate surface area is 256 Å². The van der Waals surface area contributed by atoms with Crippen LogP contribution in [0.4, 0.5) is 5.69 Å². The van der Waals surface area contributed by atoms with E-state index in [0.717, 1.165) is 54.9 Å². The first-order valence-electron chi connectivity index (χ1n) is 16.5. The zero-order valence-electron chi connectivity index (χ0n) is 26.5. The van der Waals surface area contributed by atoms with Crippen LogP contribution in [-0.4, -0.2) is 22.1 Å². The third kappa shape index (κ3) is 7.66. The van der Waals surface area contributed by atoms with Gasteiger partial charge in [0.05, 0.1) is 27.7 Å². The van der Waals surface area contributed by atoms with Gasteiger partial charge in [0.15, 0.2) is 0 Å². The van der Waals surface area contributed by atoms with Crippen LogP contribution in [0.1, 0.15) is 103 Å². The number of hydrogen-bond donors (Lipinski definition) is 1. The summed E-state index contributed by atoms with van der Waals surface area (Å²) in [6, 6.07) is 20.7. The van der Waals surface area contributed by atoms with Crippen LogP contribution in [0, 0.1) is 22.0 Å². The highest BCUT2D eigenvalue weighted by molar-refractivity contribution is 6.09. The topological polar surface area (TPSA) is 69.3 Å². The lowest BCUT2D eigenvalue weighted by Gasteiger charge is -2.22. The smallest absolute Gasteiger partial charge is 0.271 e. The van der Waals surface area contributed by atoms with Crippen LogP contribution in [-0.2, 0) is 11.3 Å². The van der Waals surface area contributed by atoms with Gasteiger partial charge in [0.2, 0.25) is 0 Å². The number of nitro benzene ring substituents is 1. The van der Waals surface area contributed by atoms with E-state index in [9.17, 15) is 10.1 Å². The fourth-order valence-corrected chi connectivity index (χ4v) is 7.03. The summed E-state index contributed by atoms with van der Waals surface area (Å²) in [6.07, 6.45) is 12.6. The monoisotopic (exact) mass is 583 g/mol. The van der Waals surface area contributed by atoms with Crippen molar-refractivity contribution in [2.45, 2.75) is 104 Å². The van der Waals surface area contributed by atoms with Gasteiger partial charge in [-0.1, -0.05) is 77.5 Å². The number of hydrogen-bond acceptors (Lipinski definition) is 4. The van der Waals surface area contributed by atoms with E-state index < -0.39 is 0 Å². The van der Waals surface area contributed by atoms with Crippen LogP contribution in [0.3, 0.4) is 0 Å². The van der Waals surface area contributed by atoms with E-state index in [0.29, 0.717) is 11.8 Å². The van der Waals surface area contributed by atoms with Crippen molar-refractivity contribution in [3.63, 3.8) is 0 Å². The molecular formula is C37H49N3O3. The minimum absolute atomic E-state index is 0.105. The largest absolute Gasteiger partial charge is 0.309 e. The molecule has 0 bridgehead atoms. The van der Waals surface area contributed by atoms with Crippen LogP contribution in [0.5, 0.6) is 0 Å². The Kier molecular flexibility index (Phi) is 10.5. The number of rotatable bonds is 14. The Morgan fingerprint density at radius 1 is 0.977 bits per heavy atom. The highest BCUT2D eigenvalue weighted by Crippen LogP contribution is 2.37. The van der Waals surface area contributed by atoms with Crippen LogP contribution in [0.2, 0.25) is 0 Å². The van der Waals surface area contributed by atoms with E-state index in [1.165, 1.54) is 60.4 Å². The van der Waals surface area contributed by atoms with E-state index in [4.69, 9.17) is 4.84 Å². The molecule has 3 aromatic carbocycles. The van der Waals surface area contributed by atoms with Gasteiger partial charge in [0.1, 0.15) is 0 Å². The average Bonchev–Trinajstić information content (AvgIpc) is 3.33. The molecule has 1 fully saturated rings. The molecule has 1 N–H and O–H groups in total. The van der Waals surface area contributed by atoms with Crippen molar-refractivity contribution in [1.29, 1.82) is 0 Å². The van der Waals surface area contributed by atoms with E-state index in [1.807, 2.05) is 6.07 Å². The molecular weight excluding hydrogens is 534 g/mol. The Bertz CT molecular complexity index is 1520. The van der Waals surface area contributed by atoms with Crippen molar-refractivity contribution in [3.05, 3.63) is 81.9 Å². The Hall–Kier alpha value is -3.22. The molecule has 0 aliphatic heterocycles. The number of non-ortho nitro benzene ring substituents is 1. The Morgan fingerprint density at radius 3 is 2.44 bits per heavy atom. The van der Waals surface area contributed by atoms with Crippen LogP contribution >= 0.6 is 0 Å². The molecule has 5 rings (SSSR count). The Morgan fingerprint density at radius 2 is 1.72 bits per heavy atom. The maximum Gasteiger partial charge on any atom is 0.271 e. The van der Waals surface area contributed by atoms with Gasteiger partial charge in [-0.05, 0) is 91.8 Å². The molecule has 0 amide bonds. The maximum atomic E-state index is 11.6. The molecule has 2 unspecified atom stereocenters. The lowest BCUT2D eigenvalue weighted by Crippen LogP contribution is -2.27. The third-order valence-corrected chi connectivity index (χ3v) is 9.26. The summed E-state index contributed by atoms with van der Waals surface area (Å²) in [4.78, 5) is 17.3. The first kappa shape index (κ1) is 31.2. The standard InChI is InChI=1S/C37H49N3O3/c1-5-10-27(4)43-38-25-31(21-26(2)3)30-18-20-37-35(23-30)34-22-29(16-15-28-11-7-6-8-12-28)17-19-36(34)39(37)32-13-9-14-33(24-32)40(41)42/h9,13-14,17-20,22-24,26-28,31,38H,5-8,10-12,15-16,21,25H2,1-4H3. The molecule has 0 spiro atoms. The van der Waals surface area contributed by atoms with Crippen molar-refractivity contribution in [2.75, 3.05) is 6.54 Å². The minimum Gasteiger partial charge on any atom is -0.309 e. The van der Waals surface area contributed by atoms with Crippen molar-refractivity contribution in [1.82, 2.24) is 10.0 Å². The molecule has 1 aliphatic carbocycles. The summed E-state index contributed by atoms with van der Waals surface area (Å²) < 4.78 is 2.19. The fourth-order valence-electron chi connectivity index (χ4n) is 7.03. The van der Waals surface area contributed by atoms with Crippen molar-refractivity contribution in [2.24, 2.45) is 11.8 Å². The van der Waals surface area contributed by atoms with Gasteiger partial charge in [-0.2, -0.15) is 0 Å². The van der Waals surface area contributed by atoms with E-state index in [2.05, 4.69) is 74.1 Å². The van der Waals surface area contributed by atoms with Crippen molar-refractivity contribution >= 4 is 27.5 Å². The van der Waals surface area contributed by atoms with Gasteiger partial charge in [0, 0.05) is 29.4 Å². The second kappa shape index (κ2) is 14.5. The summed E-state index contributed by atoms with van der Waals surface area (Å²) in [5.74, 6) is 1.70. The number of nitrogens with one attached hydrogen (secondary N) is 1. The zero-order chi connectivity index (χ0) is 30.3. The van der Waals surface area contributed by atoms with Gasteiger partial charge >= 0.3 is 0 Å². The third-order valence-electron chi connectivity index (χ3n) is 9.26. The molecule has 0 saturated heterocycles. The number of fused-ring (bicyclic) bond motifs is 3. The van der Waals surface area contributed by atoms with Crippen molar-refractivity contribution < 1.29 is 9.76 Å². The summed E-state index contributed by atoms with van der Waals surface area (Å²) in [5.41, 5.74) is 9.05. The summed E-state index contributed by atoms with van der Waals surface area (Å²) in [5, 5.41) is 14.1. The number of nitrogens with zero attached hydrogens (tertiary/aromatic N) is 2. The molecule has 6 nitrogen and oxygen atoms in total. The first-order chi connectivity index (χ1) is 20.8. The molecule has 1 aromatic heterocycles. The van der Waals surface area contributed by atoms with E-state index in [-0.39, 0.29) is 16.7 Å². The number of aromatic nitrogens is 1.